The van der Waals surface area contributed by atoms with Gasteiger partial charge in [-0.3, -0.25) is 10.1 Å². The molecule has 6 nitrogen and oxygen atoms in total. The molecule has 0 bridgehead atoms. The summed E-state index contributed by atoms with van der Waals surface area (Å²) in [5, 5.41) is 12.1. The number of nitro groups is 1. The highest BCUT2D eigenvalue weighted by Gasteiger charge is 2.18. The number of rotatable bonds is 3. The Morgan fingerprint density at radius 1 is 0.960 bits per heavy atom. The second kappa shape index (κ2) is 6.47. The molecule has 0 saturated carbocycles. The predicted octanol–water partition coefficient (Wildman–Crippen LogP) is 4.20. The quantitative estimate of drug-likeness (QED) is 0.530. The van der Waals surface area contributed by atoms with Crippen LogP contribution in [-0.2, 0) is 0 Å². The van der Waals surface area contributed by atoms with E-state index in [1.807, 2.05) is 30.3 Å². The lowest BCUT2D eigenvalue weighted by Crippen LogP contribution is -2.30. The van der Waals surface area contributed by atoms with Gasteiger partial charge in [0.05, 0.1) is 10.4 Å². The molecule has 0 spiro atoms. The third-order valence-corrected chi connectivity index (χ3v) is 4.55. The zero-order valence-electron chi connectivity index (χ0n) is 13.8. The van der Waals surface area contributed by atoms with Crippen molar-refractivity contribution in [3.63, 3.8) is 0 Å². The summed E-state index contributed by atoms with van der Waals surface area (Å²) >= 11 is 0. The summed E-state index contributed by atoms with van der Waals surface area (Å²) in [5.41, 5.74) is 1.58. The summed E-state index contributed by atoms with van der Waals surface area (Å²) in [6.07, 6.45) is 3.56. The molecular formula is C19H18N4O2. The Kier molecular flexibility index (Phi) is 4.01. The van der Waals surface area contributed by atoms with Crippen molar-refractivity contribution >= 4 is 22.4 Å². The second-order valence-corrected chi connectivity index (χ2v) is 6.24. The van der Waals surface area contributed by atoms with Crippen LogP contribution in [0.15, 0.2) is 48.5 Å². The molecule has 0 radical (unpaired) electrons. The van der Waals surface area contributed by atoms with E-state index in [1.165, 1.54) is 18.6 Å². The van der Waals surface area contributed by atoms with E-state index in [0.717, 1.165) is 42.7 Å². The zero-order valence-corrected chi connectivity index (χ0v) is 13.8. The standard InChI is InChI=1S/C19H18N4O2/c24-23(25)15-8-6-7-14(13-15)18-20-17-10-3-2-9-16(17)19(21-18)22-11-4-1-5-12-22/h2-3,6-10,13H,1,4-5,11-12H2. The molecule has 2 aromatic carbocycles. The highest BCUT2D eigenvalue weighted by Crippen LogP contribution is 2.30. The van der Waals surface area contributed by atoms with E-state index in [0.29, 0.717) is 11.4 Å². The fourth-order valence-corrected chi connectivity index (χ4v) is 3.29. The molecule has 0 unspecified atom stereocenters. The number of hydrogen-bond donors (Lipinski definition) is 0. The summed E-state index contributed by atoms with van der Waals surface area (Å²) < 4.78 is 0. The Bertz CT molecular complexity index is 936. The van der Waals surface area contributed by atoms with Gasteiger partial charge in [0.15, 0.2) is 5.82 Å². The first-order chi connectivity index (χ1) is 12.2. The van der Waals surface area contributed by atoms with E-state index in [9.17, 15) is 10.1 Å². The second-order valence-electron chi connectivity index (χ2n) is 6.24. The van der Waals surface area contributed by atoms with Gasteiger partial charge >= 0.3 is 0 Å². The fourth-order valence-electron chi connectivity index (χ4n) is 3.29. The van der Waals surface area contributed by atoms with Crippen LogP contribution in [0.1, 0.15) is 19.3 Å². The number of benzene rings is 2. The van der Waals surface area contributed by atoms with Crippen LogP contribution in [0.3, 0.4) is 0 Å². The number of nitro benzene ring substituents is 1. The van der Waals surface area contributed by atoms with Gasteiger partial charge in [-0.15, -0.1) is 0 Å². The molecule has 1 aliphatic heterocycles. The van der Waals surface area contributed by atoms with E-state index in [1.54, 1.807) is 6.07 Å². The Labute approximate surface area is 145 Å². The molecule has 126 valence electrons. The smallest absolute Gasteiger partial charge is 0.270 e. The molecule has 6 heteroatoms. The van der Waals surface area contributed by atoms with Gasteiger partial charge in [0.2, 0.25) is 0 Å². The van der Waals surface area contributed by atoms with Crippen molar-refractivity contribution in [2.24, 2.45) is 0 Å². The van der Waals surface area contributed by atoms with Gasteiger partial charge in [0.25, 0.3) is 5.69 Å². The van der Waals surface area contributed by atoms with Crippen LogP contribution < -0.4 is 4.90 Å². The Morgan fingerprint density at radius 2 is 1.76 bits per heavy atom. The first kappa shape index (κ1) is 15.5. The Balaban J connectivity index is 1.87. The van der Waals surface area contributed by atoms with Crippen molar-refractivity contribution in [1.29, 1.82) is 0 Å². The highest BCUT2D eigenvalue weighted by molar-refractivity contribution is 5.91. The molecule has 25 heavy (non-hydrogen) atoms. The van der Waals surface area contributed by atoms with Gasteiger partial charge in [-0.2, -0.15) is 0 Å². The van der Waals surface area contributed by atoms with E-state index < -0.39 is 4.92 Å². The SMILES string of the molecule is O=[N+]([O-])c1cccc(-c2nc(N3CCCCC3)c3ccccc3n2)c1. The van der Waals surface area contributed by atoms with Crippen LogP contribution >= 0.6 is 0 Å². The predicted molar refractivity (Wildman–Crippen MR) is 97.7 cm³/mol. The maximum Gasteiger partial charge on any atom is 0.270 e. The van der Waals surface area contributed by atoms with Crippen LogP contribution in [0.25, 0.3) is 22.3 Å². The van der Waals surface area contributed by atoms with Crippen molar-refractivity contribution in [1.82, 2.24) is 9.97 Å². The lowest BCUT2D eigenvalue weighted by Gasteiger charge is -2.29. The number of non-ortho nitro benzene ring substituents is 1. The molecule has 0 N–H and O–H groups in total. The van der Waals surface area contributed by atoms with Crippen LogP contribution in [0, 0.1) is 10.1 Å². The minimum Gasteiger partial charge on any atom is -0.356 e. The van der Waals surface area contributed by atoms with E-state index in [2.05, 4.69) is 9.88 Å². The summed E-state index contributed by atoms with van der Waals surface area (Å²) in [7, 11) is 0. The van der Waals surface area contributed by atoms with E-state index >= 15 is 0 Å². The maximum atomic E-state index is 11.1. The van der Waals surface area contributed by atoms with Crippen LogP contribution in [0.5, 0.6) is 0 Å². The lowest BCUT2D eigenvalue weighted by molar-refractivity contribution is -0.384. The number of hydrogen-bond acceptors (Lipinski definition) is 5. The van der Waals surface area contributed by atoms with Gasteiger partial charge < -0.3 is 4.90 Å². The summed E-state index contributed by atoms with van der Waals surface area (Å²) in [5.74, 6) is 1.45. The molecule has 1 saturated heterocycles. The van der Waals surface area contributed by atoms with Gasteiger partial charge in [0.1, 0.15) is 5.82 Å². The normalized spacial score (nSPS) is 14.6. The Hall–Kier alpha value is -3.02. The maximum absolute atomic E-state index is 11.1. The van der Waals surface area contributed by atoms with Crippen molar-refractivity contribution in [3.8, 4) is 11.4 Å². The third-order valence-electron chi connectivity index (χ3n) is 4.55. The number of fused-ring (bicyclic) bond motifs is 1. The van der Waals surface area contributed by atoms with Crippen LogP contribution in [-0.4, -0.2) is 28.0 Å². The summed E-state index contributed by atoms with van der Waals surface area (Å²) in [6, 6.07) is 14.4. The summed E-state index contributed by atoms with van der Waals surface area (Å²) in [6.45, 7) is 1.96. The van der Waals surface area contributed by atoms with Crippen molar-refractivity contribution < 1.29 is 4.92 Å². The number of piperidine rings is 1. The minimum atomic E-state index is -0.393. The molecule has 1 aliphatic rings. The molecule has 1 aromatic heterocycles. The molecular weight excluding hydrogens is 316 g/mol. The monoisotopic (exact) mass is 334 g/mol. The topological polar surface area (TPSA) is 72.2 Å². The van der Waals surface area contributed by atoms with Gasteiger partial charge in [-0.05, 0) is 31.4 Å². The number of para-hydroxylation sites is 1. The molecule has 0 amide bonds. The Morgan fingerprint density at radius 3 is 2.56 bits per heavy atom. The lowest BCUT2D eigenvalue weighted by atomic mass is 10.1. The fraction of sp³-hybridized carbons (Fsp3) is 0.263. The molecule has 0 aliphatic carbocycles. The highest BCUT2D eigenvalue weighted by atomic mass is 16.6. The van der Waals surface area contributed by atoms with Crippen molar-refractivity contribution in [2.45, 2.75) is 19.3 Å². The number of nitrogens with zero attached hydrogens (tertiary/aromatic N) is 4. The van der Waals surface area contributed by atoms with Gasteiger partial charge in [-0.25, -0.2) is 9.97 Å². The minimum absolute atomic E-state index is 0.0498. The number of aromatic nitrogens is 2. The molecule has 4 rings (SSSR count). The number of anilines is 1. The van der Waals surface area contributed by atoms with Crippen LogP contribution in [0.4, 0.5) is 11.5 Å². The first-order valence-electron chi connectivity index (χ1n) is 8.49. The zero-order chi connectivity index (χ0) is 17.2. The third kappa shape index (κ3) is 3.03. The van der Waals surface area contributed by atoms with Crippen LogP contribution in [0.2, 0.25) is 0 Å². The van der Waals surface area contributed by atoms with Gasteiger partial charge in [-0.1, -0.05) is 24.3 Å². The van der Waals surface area contributed by atoms with E-state index in [4.69, 9.17) is 4.98 Å². The molecule has 1 fully saturated rings. The van der Waals surface area contributed by atoms with E-state index in [-0.39, 0.29) is 5.69 Å². The van der Waals surface area contributed by atoms with Crippen molar-refractivity contribution in [2.75, 3.05) is 18.0 Å². The molecule has 2 heterocycles. The molecule has 0 atom stereocenters. The summed E-state index contributed by atoms with van der Waals surface area (Å²) in [4.78, 5) is 22.4. The first-order valence-corrected chi connectivity index (χ1v) is 8.49. The average molecular weight is 334 g/mol. The largest absolute Gasteiger partial charge is 0.356 e. The van der Waals surface area contributed by atoms with Gasteiger partial charge in [0, 0.05) is 36.2 Å². The molecule has 3 aromatic rings. The average Bonchev–Trinajstić information content (AvgIpc) is 2.68. The van der Waals surface area contributed by atoms with Crippen molar-refractivity contribution in [3.05, 3.63) is 58.6 Å².